The van der Waals surface area contributed by atoms with Crippen molar-refractivity contribution in [1.29, 1.82) is 0 Å². The molecule has 0 amide bonds. The lowest BCUT2D eigenvalue weighted by Crippen LogP contribution is -2.32. The molecule has 0 spiro atoms. The number of aryl methyl sites for hydroxylation is 3. The molecule has 0 aliphatic carbocycles. The molecule has 9 heteroatoms. The number of ether oxygens (including phenoxy) is 1. The monoisotopic (exact) mass is 452 g/mol. The number of alkyl halides is 3. The second kappa shape index (κ2) is 8.90. The summed E-state index contributed by atoms with van der Waals surface area (Å²) in [7, 11) is 0. The lowest BCUT2D eigenvalue weighted by molar-refractivity contribution is -0.145. The molecule has 0 radical (unpaired) electrons. The SMILES string of the molecule is Cc1cc(C)c(C2=C(O)CC(C(C)CSc3ncc(C(F)(F)F)cn3)OC2=O)c(C)c1. The Balaban J connectivity index is 1.70. The van der Waals surface area contributed by atoms with Gasteiger partial charge < -0.3 is 9.84 Å². The largest absolute Gasteiger partial charge is 0.511 e. The number of thioether (sulfide) groups is 1. The van der Waals surface area contributed by atoms with E-state index >= 15 is 0 Å². The van der Waals surface area contributed by atoms with E-state index in [4.69, 9.17) is 4.74 Å². The minimum Gasteiger partial charge on any atom is -0.511 e. The molecule has 1 aromatic heterocycles. The van der Waals surface area contributed by atoms with Crippen LogP contribution < -0.4 is 0 Å². The highest BCUT2D eigenvalue weighted by atomic mass is 32.2. The quantitative estimate of drug-likeness (QED) is 0.370. The third-order valence-electron chi connectivity index (χ3n) is 5.14. The first-order valence-electron chi connectivity index (χ1n) is 9.70. The molecule has 2 heterocycles. The fourth-order valence-corrected chi connectivity index (χ4v) is 4.52. The van der Waals surface area contributed by atoms with Gasteiger partial charge in [-0.3, -0.25) is 0 Å². The van der Waals surface area contributed by atoms with Gasteiger partial charge in [-0.15, -0.1) is 0 Å². The van der Waals surface area contributed by atoms with Crippen molar-refractivity contribution in [3.8, 4) is 0 Å². The Labute approximate surface area is 182 Å². The summed E-state index contributed by atoms with van der Waals surface area (Å²) in [6.45, 7) is 7.58. The van der Waals surface area contributed by atoms with Gasteiger partial charge in [0.1, 0.15) is 17.4 Å². The van der Waals surface area contributed by atoms with Crippen LogP contribution in [0.15, 0.2) is 35.4 Å². The number of esters is 1. The minimum absolute atomic E-state index is 0.0149. The molecule has 1 N–H and O–H groups in total. The van der Waals surface area contributed by atoms with Crippen LogP contribution in [0.3, 0.4) is 0 Å². The van der Waals surface area contributed by atoms with Gasteiger partial charge in [-0.2, -0.15) is 13.2 Å². The normalized spacial score (nSPS) is 18.2. The van der Waals surface area contributed by atoms with E-state index in [2.05, 4.69) is 9.97 Å². The topological polar surface area (TPSA) is 72.3 Å². The summed E-state index contributed by atoms with van der Waals surface area (Å²) >= 11 is 1.17. The average Bonchev–Trinajstić information content (AvgIpc) is 2.67. The second-order valence-electron chi connectivity index (χ2n) is 7.78. The van der Waals surface area contributed by atoms with Crippen molar-refractivity contribution >= 4 is 23.3 Å². The number of cyclic esters (lactones) is 1. The van der Waals surface area contributed by atoms with Gasteiger partial charge in [-0.25, -0.2) is 14.8 Å². The maximum atomic E-state index is 12.7. The van der Waals surface area contributed by atoms with Gasteiger partial charge in [0.15, 0.2) is 5.16 Å². The molecule has 2 aromatic rings. The number of nitrogens with zero attached hydrogens (tertiary/aromatic N) is 2. The number of hydrogen-bond acceptors (Lipinski definition) is 6. The zero-order valence-electron chi connectivity index (χ0n) is 17.6. The average molecular weight is 452 g/mol. The van der Waals surface area contributed by atoms with E-state index in [1.165, 1.54) is 11.8 Å². The molecule has 1 aliphatic rings. The second-order valence-corrected chi connectivity index (χ2v) is 8.77. The Hall–Kier alpha value is -2.55. The van der Waals surface area contributed by atoms with Crippen molar-refractivity contribution < 1.29 is 27.8 Å². The Kier molecular flexibility index (Phi) is 6.64. The van der Waals surface area contributed by atoms with Gasteiger partial charge in [0.05, 0.1) is 5.56 Å². The lowest BCUT2D eigenvalue weighted by Gasteiger charge is -2.29. The molecule has 31 heavy (non-hydrogen) atoms. The summed E-state index contributed by atoms with van der Waals surface area (Å²) in [6.07, 6.45) is -3.38. The van der Waals surface area contributed by atoms with E-state index in [1.807, 2.05) is 39.8 Å². The maximum absolute atomic E-state index is 12.7. The molecule has 1 aromatic carbocycles. The molecule has 1 aliphatic heterocycles. The molecule has 2 unspecified atom stereocenters. The van der Waals surface area contributed by atoms with Crippen LogP contribution in [0.4, 0.5) is 13.2 Å². The van der Waals surface area contributed by atoms with Crippen molar-refractivity contribution in [2.24, 2.45) is 5.92 Å². The lowest BCUT2D eigenvalue weighted by atomic mass is 9.89. The molecule has 2 atom stereocenters. The molecule has 0 saturated carbocycles. The molecular formula is C22H23F3N2O3S. The summed E-state index contributed by atoms with van der Waals surface area (Å²) in [5.41, 5.74) is 2.81. The first-order chi connectivity index (χ1) is 14.5. The number of halogens is 3. The van der Waals surface area contributed by atoms with Gasteiger partial charge >= 0.3 is 12.1 Å². The summed E-state index contributed by atoms with van der Waals surface area (Å²) < 4.78 is 43.4. The van der Waals surface area contributed by atoms with Crippen LogP contribution >= 0.6 is 11.8 Å². The van der Waals surface area contributed by atoms with Gasteiger partial charge in [0.25, 0.3) is 0 Å². The molecule has 166 valence electrons. The van der Waals surface area contributed by atoms with Crippen LogP contribution in [0.2, 0.25) is 0 Å². The van der Waals surface area contributed by atoms with Crippen molar-refractivity contribution in [1.82, 2.24) is 9.97 Å². The van der Waals surface area contributed by atoms with Crippen LogP contribution in [0.1, 0.15) is 41.2 Å². The summed E-state index contributed by atoms with van der Waals surface area (Å²) in [5, 5.41) is 10.9. The zero-order chi connectivity index (χ0) is 22.9. The number of carbonyl (C=O) groups excluding carboxylic acids is 1. The number of aliphatic hydroxyl groups is 1. The molecular weight excluding hydrogens is 429 g/mol. The van der Waals surface area contributed by atoms with E-state index in [1.54, 1.807) is 0 Å². The predicted octanol–water partition coefficient (Wildman–Crippen LogP) is 5.43. The number of hydrogen-bond donors (Lipinski definition) is 1. The fourth-order valence-electron chi connectivity index (χ4n) is 3.64. The highest BCUT2D eigenvalue weighted by molar-refractivity contribution is 7.99. The molecule has 0 saturated heterocycles. The van der Waals surface area contributed by atoms with Crippen molar-refractivity contribution in [2.75, 3.05) is 5.75 Å². The fraction of sp³-hybridized carbons (Fsp3) is 0.409. The Bertz CT molecular complexity index is 997. The van der Waals surface area contributed by atoms with E-state index in [-0.39, 0.29) is 28.8 Å². The van der Waals surface area contributed by atoms with Crippen LogP contribution in [-0.2, 0) is 15.7 Å². The highest BCUT2D eigenvalue weighted by Gasteiger charge is 2.35. The van der Waals surface area contributed by atoms with Gasteiger partial charge in [0, 0.05) is 30.5 Å². The number of aliphatic hydroxyl groups excluding tert-OH is 1. The van der Waals surface area contributed by atoms with Crippen molar-refractivity contribution in [2.45, 2.75) is 51.6 Å². The van der Waals surface area contributed by atoms with E-state index < -0.39 is 23.8 Å². The first-order valence-corrected chi connectivity index (χ1v) is 10.7. The number of carbonyl (C=O) groups is 1. The number of benzene rings is 1. The molecule has 0 bridgehead atoms. The van der Waals surface area contributed by atoms with Crippen LogP contribution in [0.25, 0.3) is 5.57 Å². The Morgan fingerprint density at radius 2 is 1.77 bits per heavy atom. The van der Waals surface area contributed by atoms with E-state index in [0.717, 1.165) is 29.1 Å². The van der Waals surface area contributed by atoms with Crippen LogP contribution in [-0.4, -0.2) is 32.9 Å². The molecule has 5 nitrogen and oxygen atoms in total. The van der Waals surface area contributed by atoms with Crippen molar-refractivity contribution in [3.63, 3.8) is 0 Å². The predicted molar refractivity (Wildman–Crippen MR) is 112 cm³/mol. The number of rotatable bonds is 5. The van der Waals surface area contributed by atoms with E-state index in [0.29, 0.717) is 11.3 Å². The van der Waals surface area contributed by atoms with Crippen molar-refractivity contribution in [3.05, 3.63) is 58.1 Å². The Morgan fingerprint density at radius 3 is 2.29 bits per heavy atom. The minimum atomic E-state index is -4.48. The zero-order valence-corrected chi connectivity index (χ0v) is 18.4. The molecule has 3 rings (SSSR count). The Morgan fingerprint density at radius 1 is 1.19 bits per heavy atom. The van der Waals surface area contributed by atoms with E-state index in [9.17, 15) is 23.1 Å². The van der Waals surface area contributed by atoms with Gasteiger partial charge in [0.2, 0.25) is 0 Å². The van der Waals surface area contributed by atoms with Gasteiger partial charge in [-0.05, 0) is 37.5 Å². The summed E-state index contributed by atoms with van der Waals surface area (Å²) in [6, 6.07) is 3.90. The summed E-state index contributed by atoms with van der Waals surface area (Å²) in [4.78, 5) is 20.2. The third-order valence-corrected chi connectivity index (χ3v) is 6.30. The third kappa shape index (κ3) is 5.20. The first kappa shape index (κ1) is 23.1. The summed E-state index contributed by atoms with van der Waals surface area (Å²) in [5.74, 6) is -0.358. The smallest absolute Gasteiger partial charge is 0.419 e. The standard InChI is InChI=1S/C22H23F3N2O3S/c1-11-5-12(2)18(13(3)6-11)19-16(28)7-17(30-20(19)29)14(4)10-31-21-26-8-15(9-27-21)22(23,24)25/h5-6,8-9,14,17,28H,7,10H2,1-4H3. The number of aromatic nitrogens is 2. The van der Waals surface area contributed by atoms with Crippen LogP contribution in [0.5, 0.6) is 0 Å². The van der Waals surface area contributed by atoms with Gasteiger partial charge in [-0.1, -0.05) is 36.4 Å². The maximum Gasteiger partial charge on any atom is 0.419 e. The molecule has 0 fully saturated rings. The van der Waals surface area contributed by atoms with Crippen LogP contribution in [0, 0.1) is 26.7 Å². The highest BCUT2D eigenvalue weighted by Crippen LogP contribution is 2.35.